The molecule has 4 heteroatoms. The van der Waals surface area contributed by atoms with Crippen LogP contribution in [0.3, 0.4) is 0 Å². The molecule has 2 N–H and O–H groups in total. The van der Waals surface area contributed by atoms with Crippen LogP contribution in [0.5, 0.6) is 5.75 Å². The van der Waals surface area contributed by atoms with E-state index in [1.54, 1.807) is 7.11 Å². The number of urea groups is 1. The summed E-state index contributed by atoms with van der Waals surface area (Å²) in [5.41, 5.74) is 1.07. The van der Waals surface area contributed by atoms with E-state index in [-0.39, 0.29) is 12.1 Å². The van der Waals surface area contributed by atoms with Crippen LogP contribution in [-0.4, -0.2) is 19.2 Å². The number of ether oxygens (including phenoxy) is 1. The van der Waals surface area contributed by atoms with Gasteiger partial charge in [0.1, 0.15) is 5.75 Å². The molecule has 0 bridgehead atoms. The van der Waals surface area contributed by atoms with Crippen molar-refractivity contribution in [3.63, 3.8) is 0 Å². The zero-order valence-electron chi connectivity index (χ0n) is 12.3. The third-order valence-electron chi connectivity index (χ3n) is 3.90. The first-order chi connectivity index (χ1) is 9.69. The lowest BCUT2D eigenvalue weighted by atomic mass is 9.96. The van der Waals surface area contributed by atoms with Crippen LogP contribution in [-0.2, 0) is 0 Å². The number of hydrogen-bond donors (Lipinski definition) is 2. The number of nitrogens with one attached hydrogen (secondary N) is 2. The lowest BCUT2D eigenvalue weighted by Gasteiger charge is -2.24. The first kappa shape index (κ1) is 14.7. The molecule has 1 aromatic carbocycles. The van der Waals surface area contributed by atoms with Gasteiger partial charge in [0.2, 0.25) is 0 Å². The zero-order chi connectivity index (χ0) is 14.4. The van der Waals surface area contributed by atoms with Gasteiger partial charge in [-0.05, 0) is 37.5 Å². The second-order valence-electron chi connectivity index (χ2n) is 5.45. The fourth-order valence-electron chi connectivity index (χ4n) is 2.65. The Balaban J connectivity index is 1.82. The van der Waals surface area contributed by atoms with Crippen molar-refractivity contribution in [1.29, 1.82) is 0 Å². The standard InChI is InChI=1S/C16H24N2O2/c1-12(13-8-10-15(20-2)11-9-13)17-16(19)18-14-6-4-3-5-7-14/h8-12,14H,3-7H2,1-2H3,(H2,17,18,19)/t12-/m0/s1. The van der Waals surface area contributed by atoms with Gasteiger partial charge in [-0.15, -0.1) is 0 Å². The number of benzene rings is 1. The highest BCUT2D eigenvalue weighted by Crippen LogP contribution is 2.19. The maximum Gasteiger partial charge on any atom is 0.315 e. The number of hydrogen-bond acceptors (Lipinski definition) is 2. The van der Waals surface area contributed by atoms with E-state index < -0.39 is 0 Å². The van der Waals surface area contributed by atoms with Crippen molar-refractivity contribution in [2.75, 3.05) is 7.11 Å². The molecule has 110 valence electrons. The van der Waals surface area contributed by atoms with Gasteiger partial charge in [0.15, 0.2) is 0 Å². The summed E-state index contributed by atoms with van der Waals surface area (Å²) in [6, 6.07) is 8.03. The molecule has 2 rings (SSSR count). The second kappa shape index (κ2) is 7.17. The first-order valence-corrected chi connectivity index (χ1v) is 7.40. The van der Waals surface area contributed by atoms with Crippen molar-refractivity contribution in [2.24, 2.45) is 0 Å². The third-order valence-corrected chi connectivity index (χ3v) is 3.90. The van der Waals surface area contributed by atoms with Crippen LogP contribution in [0.2, 0.25) is 0 Å². The molecule has 0 unspecified atom stereocenters. The molecule has 1 aromatic rings. The molecule has 1 fully saturated rings. The molecule has 1 saturated carbocycles. The Labute approximate surface area is 120 Å². The lowest BCUT2D eigenvalue weighted by molar-refractivity contribution is 0.229. The van der Waals surface area contributed by atoms with Gasteiger partial charge in [0.05, 0.1) is 13.2 Å². The van der Waals surface area contributed by atoms with Gasteiger partial charge in [-0.25, -0.2) is 4.79 Å². The summed E-state index contributed by atoms with van der Waals surface area (Å²) in [4.78, 5) is 12.0. The summed E-state index contributed by atoms with van der Waals surface area (Å²) >= 11 is 0. The minimum absolute atomic E-state index is 0.00973. The highest BCUT2D eigenvalue weighted by atomic mass is 16.5. The van der Waals surface area contributed by atoms with Gasteiger partial charge in [0.25, 0.3) is 0 Å². The van der Waals surface area contributed by atoms with Crippen LogP contribution < -0.4 is 15.4 Å². The average Bonchev–Trinajstić information content (AvgIpc) is 2.48. The summed E-state index contributed by atoms with van der Waals surface area (Å²) in [5, 5.41) is 6.06. The fraction of sp³-hybridized carbons (Fsp3) is 0.562. The number of methoxy groups -OCH3 is 1. The molecule has 20 heavy (non-hydrogen) atoms. The Morgan fingerprint density at radius 2 is 1.85 bits per heavy atom. The molecule has 0 saturated heterocycles. The molecule has 0 aromatic heterocycles. The Morgan fingerprint density at radius 1 is 1.20 bits per heavy atom. The van der Waals surface area contributed by atoms with Crippen molar-refractivity contribution in [3.8, 4) is 5.75 Å². The molecule has 1 aliphatic rings. The topological polar surface area (TPSA) is 50.4 Å². The maximum atomic E-state index is 12.0. The Morgan fingerprint density at radius 3 is 2.45 bits per heavy atom. The van der Waals surface area contributed by atoms with Gasteiger partial charge in [0, 0.05) is 6.04 Å². The molecule has 2 amide bonds. The molecule has 4 nitrogen and oxygen atoms in total. The van der Waals surface area contributed by atoms with Crippen LogP contribution in [0.4, 0.5) is 4.79 Å². The van der Waals surface area contributed by atoms with E-state index in [2.05, 4.69) is 10.6 Å². The second-order valence-corrected chi connectivity index (χ2v) is 5.45. The van der Waals surface area contributed by atoms with Gasteiger partial charge >= 0.3 is 6.03 Å². The maximum absolute atomic E-state index is 12.0. The number of carbonyl (C=O) groups is 1. The number of amides is 2. The summed E-state index contributed by atoms with van der Waals surface area (Å²) in [7, 11) is 1.65. The number of rotatable bonds is 4. The van der Waals surface area contributed by atoms with E-state index in [9.17, 15) is 4.79 Å². The fourth-order valence-corrected chi connectivity index (χ4v) is 2.65. The van der Waals surface area contributed by atoms with Gasteiger partial charge in [-0.1, -0.05) is 31.4 Å². The normalized spacial score (nSPS) is 17.3. The van der Waals surface area contributed by atoms with Crippen LogP contribution in [0.1, 0.15) is 50.6 Å². The lowest BCUT2D eigenvalue weighted by Crippen LogP contribution is -2.43. The molecular weight excluding hydrogens is 252 g/mol. The van der Waals surface area contributed by atoms with Crippen LogP contribution in [0, 0.1) is 0 Å². The molecule has 1 atom stereocenters. The smallest absolute Gasteiger partial charge is 0.315 e. The Hall–Kier alpha value is -1.71. The van der Waals surface area contributed by atoms with Crippen molar-refractivity contribution in [3.05, 3.63) is 29.8 Å². The zero-order valence-corrected chi connectivity index (χ0v) is 12.3. The number of carbonyl (C=O) groups excluding carboxylic acids is 1. The quantitative estimate of drug-likeness (QED) is 0.885. The van der Waals surface area contributed by atoms with E-state index in [0.717, 1.165) is 24.2 Å². The van der Waals surface area contributed by atoms with E-state index in [0.29, 0.717) is 6.04 Å². The van der Waals surface area contributed by atoms with Crippen molar-refractivity contribution in [2.45, 2.75) is 51.1 Å². The minimum atomic E-state index is -0.0692. The monoisotopic (exact) mass is 276 g/mol. The summed E-state index contributed by atoms with van der Waals surface area (Å²) in [6.07, 6.45) is 5.94. The van der Waals surface area contributed by atoms with Gasteiger partial charge in [-0.2, -0.15) is 0 Å². The molecular formula is C16H24N2O2. The van der Waals surface area contributed by atoms with Crippen molar-refractivity contribution < 1.29 is 9.53 Å². The predicted octanol–water partition coefficient (Wildman–Crippen LogP) is 3.39. The average molecular weight is 276 g/mol. The first-order valence-electron chi connectivity index (χ1n) is 7.40. The van der Waals surface area contributed by atoms with E-state index in [4.69, 9.17) is 4.74 Å². The largest absolute Gasteiger partial charge is 0.497 e. The van der Waals surface area contributed by atoms with Gasteiger partial charge in [-0.3, -0.25) is 0 Å². The highest BCUT2D eigenvalue weighted by Gasteiger charge is 2.17. The van der Waals surface area contributed by atoms with E-state index >= 15 is 0 Å². The Bertz CT molecular complexity index is 425. The summed E-state index contributed by atoms with van der Waals surface area (Å²) in [5.74, 6) is 0.826. The van der Waals surface area contributed by atoms with E-state index in [1.807, 2.05) is 31.2 Å². The summed E-state index contributed by atoms with van der Waals surface area (Å²) in [6.45, 7) is 1.99. The SMILES string of the molecule is COc1ccc([C@H](C)NC(=O)NC2CCCCC2)cc1. The van der Waals surface area contributed by atoms with Crippen LogP contribution in [0.25, 0.3) is 0 Å². The predicted molar refractivity (Wildman–Crippen MR) is 79.9 cm³/mol. The highest BCUT2D eigenvalue weighted by molar-refractivity contribution is 5.74. The summed E-state index contributed by atoms with van der Waals surface area (Å²) < 4.78 is 5.13. The van der Waals surface area contributed by atoms with Crippen molar-refractivity contribution in [1.82, 2.24) is 10.6 Å². The molecule has 0 aliphatic heterocycles. The molecule has 1 aliphatic carbocycles. The molecule has 0 spiro atoms. The van der Waals surface area contributed by atoms with E-state index in [1.165, 1.54) is 19.3 Å². The third kappa shape index (κ3) is 4.15. The molecule has 0 heterocycles. The minimum Gasteiger partial charge on any atom is -0.497 e. The van der Waals surface area contributed by atoms with Crippen LogP contribution >= 0.6 is 0 Å². The Kier molecular flexibility index (Phi) is 5.27. The van der Waals surface area contributed by atoms with Crippen LogP contribution in [0.15, 0.2) is 24.3 Å². The molecule has 0 radical (unpaired) electrons. The van der Waals surface area contributed by atoms with Gasteiger partial charge < -0.3 is 15.4 Å². The van der Waals surface area contributed by atoms with Crippen molar-refractivity contribution >= 4 is 6.03 Å².